The van der Waals surface area contributed by atoms with Crippen molar-refractivity contribution in [3.8, 4) is 0 Å². The molecule has 1 aromatic heterocycles. The van der Waals surface area contributed by atoms with Crippen molar-refractivity contribution in [3.63, 3.8) is 0 Å². The van der Waals surface area contributed by atoms with Crippen LogP contribution in [0.1, 0.15) is 12.7 Å². The van der Waals surface area contributed by atoms with Crippen LogP contribution in [0.5, 0.6) is 0 Å². The summed E-state index contributed by atoms with van der Waals surface area (Å²) in [5.74, 6) is -0.0183. The molecule has 3 rings (SSSR count). The molecule has 0 saturated carbocycles. The summed E-state index contributed by atoms with van der Waals surface area (Å²) in [4.78, 5) is 19.9. The molecule has 0 amide bonds. The summed E-state index contributed by atoms with van der Waals surface area (Å²) >= 11 is 0. The number of para-hydroxylation sites is 4. The van der Waals surface area contributed by atoms with Crippen LogP contribution in [-0.4, -0.2) is 22.5 Å². The van der Waals surface area contributed by atoms with Crippen LogP contribution in [0, 0.1) is 0 Å². The number of anilines is 2. The minimum absolute atomic E-state index is 0.282. The largest absolute Gasteiger partial charge is 0.462 e. The fourth-order valence-corrected chi connectivity index (χ4v) is 2.29. The molecule has 24 heavy (non-hydrogen) atoms. The molecule has 0 spiro atoms. The molecule has 3 aromatic rings. The van der Waals surface area contributed by atoms with E-state index in [2.05, 4.69) is 15.3 Å². The SMILES string of the molecule is CCOC(=O)/C(=C/Nc1ccccc1N)c1nc2ccccc2[nH]1. The summed E-state index contributed by atoms with van der Waals surface area (Å²) in [7, 11) is 0. The number of nitrogen functional groups attached to an aromatic ring is 1. The summed E-state index contributed by atoms with van der Waals surface area (Å²) in [6, 6.07) is 14.9. The lowest BCUT2D eigenvalue weighted by Crippen LogP contribution is -2.10. The maximum Gasteiger partial charge on any atom is 0.343 e. The van der Waals surface area contributed by atoms with E-state index in [-0.39, 0.29) is 6.61 Å². The molecule has 6 nitrogen and oxygen atoms in total. The maximum atomic E-state index is 12.3. The smallest absolute Gasteiger partial charge is 0.343 e. The van der Waals surface area contributed by atoms with Gasteiger partial charge in [0.2, 0.25) is 0 Å². The number of fused-ring (bicyclic) bond motifs is 1. The number of ether oxygens (including phenoxy) is 1. The second-order valence-electron chi connectivity index (χ2n) is 5.11. The Balaban J connectivity index is 1.98. The highest BCUT2D eigenvalue weighted by molar-refractivity contribution is 6.16. The van der Waals surface area contributed by atoms with Crippen LogP contribution in [0.15, 0.2) is 54.7 Å². The highest BCUT2D eigenvalue weighted by Crippen LogP contribution is 2.21. The number of nitrogens with zero attached hydrogens (tertiary/aromatic N) is 1. The lowest BCUT2D eigenvalue weighted by molar-refractivity contribution is -0.136. The Morgan fingerprint density at radius 1 is 1.25 bits per heavy atom. The van der Waals surface area contributed by atoms with Gasteiger partial charge in [-0.1, -0.05) is 24.3 Å². The first-order chi connectivity index (χ1) is 11.7. The number of nitrogens with one attached hydrogen (secondary N) is 2. The topological polar surface area (TPSA) is 93.0 Å². The molecule has 0 radical (unpaired) electrons. The lowest BCUT2D eigenvalue weighted by Gasteiger charge is -2.08. The molecule has 0 atom stereocenters. The van der Waals surface area contributed by atoms with Gasteiger partial charge in [0, 0.05) is 6.20 Å². The molecule has 1 heterocycles. The van der Waals surface area contributed by atoms with Gasteiger partial charge in [0.05, 0.1) is 29.0 Å². The summed E-state index contributed by atoms with van der Waals surface area (Å²) in [5.41, 5.74) is 9.13. The quantitative estimate of drug-likeness (QED) is 0.381. The van der Waals surface area contributed by atoms with Crippen molar-refractivity contribution in [2.45, 2.75) is 6.92 Å². The van der Waals surface area contributed by atoms with Crippen LogP contribution in [0.25, 0.3) is 16.6 Å². The standard InChI is InChI=1S/C18H18N4O2/c1-2-24-18(23)12(11-20-14-8-4-3-7-13(14)19)17-21-15-9-5-6-10-16(15)22-17/h3-11,20H,2,19H2,1H3,(H,21,22)/b12-11+. The van der Waals surface area contributed by atoms with Crippen molar-refractivity contribution in [1.29, 1.82) is 0 Å². The van der Waals surface area contributed by atoms with E-state index in [1.165, 1.54) is 0 Å². The number of hydrogen-bond acceptors (Lipinski definition) is 5. The molecular weight excluding hydrogens is 304 g/mol. The Hall–Kier alpha value is -3.28. The molecule has 0 aliphatic carbocycles. The summed E-state index contributed by atoms with van der Waals surface area (Å²) in [6.45, 7) is 2.04. The van der Waals surface area contributed by atoms with E-state index in [0.717, 1.165) is 11.0 Å². The normalized spacial score (nSPS) is 11.5. The number of esters is 1. The zero-order chi connectivity index (χ0) is 16.9. The third-order valence-corrected chi connectivity index (χ3v) is 3.47. The third kappa shape index (κ3) is 3.22. The molecule has 122 valence electrons. The lowest BCUT2D eigenvalue weighted by atomic mass is 10.2. The maximum absolute atomic E-state index is 12.3. The van der Waals surface area contributed by atoms with Gasteiger partial charge in [0.15, 0.2) is 0 Å². The number of nitrogens with two attached hydrogens (primary N) is 1. The first-order valence-electron chi connectivity index (χ1n) is 7.62. The van der Waals surface area contributed by atoms with Gasteiger partial charge >= 0.3 is 5.97 Å². The van der Waals surface area contributed by atoms with E-state index < -0.39 is 5.97 Å². The van der Waals surface area contributed by atoms with Crippen LogP contribution in [0.3, 0.4) is 0 Å². The number of hydrogen-bond donors (Lipinski definition) is 3. The molecule has 0 aliphatic heterocycles. The minimum atomic E-state index is -0.460. The first kappa shape index (κ1) is 15.6. The number of carbonyl (C=O) groups excluding carboxylic acids is 1. The van der Waals surface area contributed by atoms with Crippen LogP contribution in [-0.2, 0) is 9.53 Å². The highest BCUT2D eigenvalue weighted by Gasteiger charge is 2.17. The Morgan fingerprint density at radius 2 is 2.00 bits per heavy atom. The van der Waals surface area contributed by atoms with E-state index in [9.17, 15) is 4.79 Å². The van der Waals surface area contributed by atoms with Gasteiger partial charge in [-0.3, -0.25) is 0 Å². The van der Waals surface area contributed by atoms with Gasteiger partial charge in [-0.25, -0.2) is 9.78 Å². The number of carbonyl (C=O) groups is 1. The van der Waals surface area contributed by atoms with Crippen molar-refractivity contribution in [2.75, 3.05) is 17.7 Å². The fraction of sp³-hybridized carbons (Fsp3) is 0.111. The van der Waals surface area contributed by atoms with Crippen LogP contribution in [0.4, 0.5) is 11.4 Å². The van der Waals surface area contributed by atoms with E-state index >= 15 is 0 Å². The van der Waals surface area contributed by atoms with Gasteiger partial charge in [-0.05, 0) is 31.2 Å². The van der Waals surface area contributed by atoms with Crippen LogP contribution >= 0.6 is 0 Å². The van der Waals surface area contributed by atoms with Crippen molar-refractivity contribution in [3.05, 3.63) is 60.6 Å². The Kier molecular flexibility index (Phi) is 4.47. The van der Waals surface area contributed by atoms with E-state index in [0.29, 0.717) is 22.8 Å². The summed E-state index contributed by atoms with van der Waals surface area (Å²) in [5, 5.41) is 3.05. The zero-order valence-corrected chi connectivity index (χ0v) is 13.2. The second kappa shape index (κ2) is 6.87. The second-order valence-corrected chi connectivity index (χ2v) is 5.11. The van der Waals surface area contributed by atoms with E-state index in [4.69, 9.17) is 10.5 Å². The average Bonchev–Trinajstić information content (AvgIpc) is 3.00. The molecular formula is C18H18N4O2. The number of H-pyrrole nitrogens is 1. The predicted molar refractivity (Wildman–Crippen MR) is 95.2 cm³/mol. The van der Waals surface area contributed by atoms with Crippen molar-refractivity contribution in [1.82, 2.24) is 9.97 Å². The first-order valence-corrected chi connectivity index (χ1v) is 7.62. The van der Waals surface area contributed by atoms with Crippen molar-refractivity contribution < 1.29 is 9.53 Å². The van der Waals surface area contributed by atoms with Crippen LogP contribution in [0.2, 0.25) is 0 Å². The Bertz CT molecular complexity index is 866. The molecule has 0 bridgehead atoms. The Morgan fingerprint density at radius 3 is 2.75 bits per heavy atom. The van der Waals surface area contributed by atoms with Gasteiger partial charge in [0.25, 0.3) is 0 Å². The monoisotopic (exact) mass is 322 g/mol. The number of benzene rings is 2. The number of aromatic amines is 1. The van der Waals surface area contributed by atoms with Crippen LogP contribution < -0.4 is 11.1 Å². The number of aromatic nitrogens is 2. The summed E-state index contributed by atoms with van der Waals surface area (Å²) in [6.07, 6.45) is 1.56. The molecule has 0 unspecified atom stereocenters. The highest BCUT2D eigenvalue weighted by atomic mass is 16.5. The van der Waals surface area contributed by atoms with E-state index in [1.807, 2.05) is 42.5 Å². The van der Waals surface area contributed by atoms with Gasteiger partial charge in [0.1, 0.15) is 11.4 Å². The van der Waals surface area contributed by atoms with Gasteiger partial charge in [-0.15, -0.1) is 0 Å². The zero-order valence-electron chi connectivity index (χ0n) is 13.2. The van der Waals surface area contributed by atoms with E-state index in [1.54, 1.807) is 19.2 Å². The predicted octanol–water partition coefficient (Wildman–Crippen LogP) is 3.16. The van der Waals surface area contributed by atoms with Crippen molar-refractivity contribution >= 4 is 34.0 Å². The van der Waals surface area contributed by atoms with Crippen molar-refractivity contribution in [2.24, 2.45) is 0 Å². The molecule has 0 aliphatic rings. The molecule has 0 fully saturated rings. The number of imidazole rings is 1. The van der Waals surface area contributed by atoms with Gasteiger partial charge in [-0.2, -0.15) is 0 Å². The minimum Gasteiger partial charge on any atom is -0.462 e. The van der Waals surface area contributed by atoms with Gasteiger partial charge < -0.3 is 20.8 Å². The summed E-state index contributed by atoms with van der Waals surface area (Å²) < 4.78 is 5.13. The fourth-order valence-electron chi connectivity index (χ4n) is 2.29. The third-order valence-electron chi connectivity index (χ3n) is 3.47. The molecule has 4 N–H and O–H groups in total. The molecule has 2 aromatic carbocycles. The number of rotatable bonds is 5. The molecule has 6 heteroatoms. The average molecular weight is 322 g/mol. The Labute approximate surface area is 139 Å². The molecule has 0 saturated heterocycles.